The molecule has 1 atom stereocenters. The molecule has 4 aromatic carbocycles. The van der Waals surface area contributed by atoms with Crippen molar-refractivity contribution in [3.8, 4) is 28.0 Å². The second-order valence-corrected chi connectivity index (χ2v) is 9.19. The summed E-state index contributed by atoms with van der Waals surface area (Å²) < 4.78 is 11.3. The molecule has 0 bridgehead atoms. The lowest BCUT2D eigenvalue weighted by molar-refractivity contribution is -0.139. The van der Waals surface area contributed by atoms with Crippen molar-refractivity contribution in [2.24, 2.45) is 0 Å². The average Bonchev–Trinajstić information content (AvgIpc) is 3.26. The molecule has 0 aromatic heterocycles. The summed E-state index contributed by atoms with van der Waals surface area (Å²) in [5.41, 5.74) is 7.08. The molecule has 38 heavy (non-hydrogen) atoms. The fourth-order valence-electron chi connectivity index (χ4n) is 5.05. The Morgan fingerprint density at radius 1 is 0.842 bits per heavy atom. The minimum Gasteiger partial charge on any atom is -0.494 e. The van der Waals surface area contributed by atoms with Gasteiger partial charge in [-0.05, 0) is 58.0 Å². The largest absolute Gasteiger partial charge is 0.494 e. The van der Waals surface area contributed by atoms with Gasteiger partial charge >= 0.3 is 12.1 Å². The molecule has 0 heterocycles. The van der Waals surface area contributed by atoms with Crippen LogP contribution in [0.3, 0.4) is 0 Å². The number of carboxylic acids is 1. The average molecular weight is 508 g/mol. The van der Waals surface area contributed by atoms with Gasteiger partial charge in [0.05, 0.1) is 6.61 Å². The first-order valence-electron chi connectivity index (χ1n) is 12.7. The Morgan fingerprint density at radius 3 is 2.11 bits per heavy atom. The molecule has 0 radical (unpaired) electrons. The van der Waals surface area contributed by atoms with Crippen LogP contribution in [0.4, 0.5) is 4.79 Å². The summed E-state index contributed by atoms with van der Waals surface area (Å²) in [6, 6.07) is 30.5. The predicted molar refractivity (Wildman–Crippen MR) is 146 cm³/mol. The van der Waals surface area contributed by atoms with E-state index in [1.807, 2.05) is 91.9 Å². The highest BCUT2D eigenvalue weighted by Crippen LogP contribution is 2.44. The smallest absolute Gasteiger partial charge is 0.407 e. The van der Waals surface area contributed by atoms with Crippen molar-refractivity contribution in [2.75, 3.05) is 13.2 Å². The number of carboxylic acid groups (broad SMARTS) is 1. The standard InChI is InChI=1S/C32H29NO5/c1-2-37-30-17-16-22(21-10-4-3-5-11-21)18-23(30)19-29(31(34)35)33-32(36)38-20-28-26-14-8-6-12-24(26)25-13-7-9-15-27(25)28/h3-18,28-29H,2,19-20H2,1H3,(H,33,36)(H,34,35). The van der Waals surface area contributed by atoms with Gasteiger partial charge in [-0.1, -0.05) is 84.9 Å². The van der Waals surface area contributed by atoms with E-state index < -0.39 is 18.1 Å². The van der Waals surface area contributed by atoms with Gasteiger partial charge in [0.25, 0.3) is 0 Å². The molecular formula is C32H29NO5. The van der Waals surface area contributed by atoms with E-state index in [1.165, 1.54) is 0 Å². The molecule has 0 saturated carbocycles. The molecule has 0 saturated heterocycles. The molecule has 1 unspecified atom stereocenters. The fourth-order valence-corrected chi connectivity index (χ4v) is 5.05. The third-order valence-electron chi connectivity index (χ3n) is 6.83. The third-order valence-corrected chi connectivity index (χ3v) is 6.83. The monoisotopic (exact) mass is 507 g/mol. The van der Waals surface area contributed by atoms with Crippen LogP contribution in [0.1, 0.15) is 29.5 Å². The van der Waals surface area contributed by atoms with Crippen LogP contribution >= 0.6 is 0 Å². The summed E-state index contributed by atoms with van der Waals surface area (Å²) in [6.07, 6.45) is -0.716. The number of fused-ring (bicyclic) bond motifs is 3. The summed E-state index contributed by atoms with van der Waals surface area (Å²) in [6.45, 7) is 2.42. The number of hydrogen-bond donors (Lipinski definition) is 2. The Morgan fingerprint density at radius 2 is 1.47 bits per heavy atom. The first-order chi connectivity index (χ1) is 18.5. The molecule has 6 nitrogen and oxygen atoms in total. The number of rotatable bonds is 9. The van der Waals surface area contributed by atoms with Crippen molar-refractivity contribution in [1.82, 2.24) is 5.32 Å². The Bertz CT molecular complexity index is 1400. The van der Waals surface area contributed by atoms with Crippen LogP contribution in [0.25, 0.3) is 22.3 Å². The maximum Gasteiger partial charge on any atom is 0.407 e. The highest BCUT2D eigenvalue weighted by Gasteiger charge is 2.30. The maximum atomic E-state index is 12.8. The van der Waals surface area contributed by atoms with E-state index in [-0.39, 0.29) is 18.9 Å². The molecule has 5 rings (SSSR count). The number of ether oxygens (including phenoxy) is 2. The van der Waals surface area contributed by atoms with E-state index in [0.717, 1.165) is 33.4 Å². The van der Waals surface area contributed by atoms with Crippen molar-refractivity contribution in [1.29, 1.82) is 0 Å². The maximum absolute atomic E-state index is 12.8. The SMILES string of the molecule is CCOc1ccc(-c2ccccc2)cc1CC(NC(=O)OCC1c2ccccc2-c2ccccc21)C(=O)O. The van der Waals surface area contributed by atoms with Crippen molar-refractivity contribution < 1.29 is 24.2 Å². The quantitative estimate of drug-likeness (QED) is 0.278. The number of hydrogen-bond acceptors (Lipinski definition) is 4. The van der Waals surface area contributed by atoms with Gasteiger partial charge in [0, 0.05) is 12.3 Å². The zero-order valence-electron chi connectivity index (χ0n) is 21.1. The highest BCUT2D eigenvalue weighted by atomic mass is 16.5. The molecular weight excluding hydrogens is 478 g/mol. The van der Waals surface area contributed by atoms with E-state index in [4.69, 9.17) is 9.47 Å². The highest BCUT2D eigenvalue weighted by molar-refractivity contribution is 5.81. The van der Waals surface area contributed by atoms with Crippen LogP contribution < -0.4 is 10.1 Å². The van der Waals surface area contributed by atoms with Gasteiger partial charge in [-0.15, -0.1) is 0 Å². The van der Waals surface area contributed by atoms with Gasteiger partial charge in [0.15, 0.2) is 0 Å². The number of carbonyl (C=O) groups excluding carboxylic acids is 1. The summed E-state index contributed by atoms with van der Waals surface area (Å²) in [5, 5.41) is 12.5. The molecule has 0 fully saturated rings. The number of benzene rings is 4. The Hall–Kier alpha value is -4.58. The minimum atomic E-state index is -1.18. The normalized spacial score (nSPS) is 12.8. The summed E-state index contributed by atoms with van der Waals surface area (Å²) in [5.74, 6) is -0.664. The molecule has 4 aromatic rings. The van der Waals surface area contributed by atoms with Crippen LogP contribution in [0.2, 0.25) is 0 Å². The first-order valence-corrected chi connectivity index (χ1v) is 12.7. The zero-order chi connectivity index (χ0) is 26.5. The number of alkyl carbamates (subject to hydrolysis) is 1. The molecule has 2 N–H and O–H groups in total. The van der Waals surface area contributed by atoms with Gasteiger partial charge in [-0.3, -0.25) is 0 Å². The number of nitrogens with one attached hydrogen (secondary N) is 1. The number of carbonyl (C=O) groups is 2. The topological polar surface area (TPSA) is 84.9 Å². The Labute approximate surface area is 221 Å². The van der Waals surface area contributed by atoms with Crippen LogP contribution in [-0.2, 0) is 16.0 Å². The molecule has 1 amide bonds. The lowest BCUT2D eigenvalue weighted by Gasteiger charge is -2.19. The molecule has 192 valence electrons. The molecule has 0 spiro atoms. The Balaban J connectivity index is 1.31. The first kappa shape index (κ1) is 25.1. The molecule has 1 aliphatic rings. The van der Waals surface area contributed by atoms with Crippen molar-refractivity contribution in [3.63, 3.8) is 0 Å². The summed E-state index contributed by atoms with van der Waals surface area (Å²) in [7, 11) is 0. The van der Waals surface area contributed by atoms with Crippen LogP contribution in [0, 0.1) is 0 Å². The zero-order valence-corrected chi connectivity index (χ0v) is 21.1. The van der Waals surface area contributed by atoms with E-state index >= 15 is 0 Å². The van der Waals surface area contributed by atoms with Gasteiger partial charge in [0.1, 0.15) is 18.4 Å². The van der Waals surface area contributed by atoms with E-state index in [9.17, 15) is 14.7 Å². The van der Waals surface area contributed by atoms with E-state index in [2.05, 4.69) is 17.4 Å². The van der Waals surface area contributed by atoms with E-state index in [1.54, 1.807) is 0 Å². The number of amides is 1. The van der Waals surface area contributed by atoms with Crippen molar-refractivity contribution in [3.05, 3.63) is 114 Å². The van der Waals surface area contributed by atoms with Crippen molar-refractivity contribution >= 4 is 12.1 Å². The molecule has 1 aliphatic carbocycles. The second kappa shape index (κ2) is 11.2. The lowest BCUT2D eigenvalue weighted by Crippen LogP contribution is -2.43. The molecule has 6 heteroatoms. The fraction of sp³-hybridized carbons (Fsp3) is 0.188. The Kier molecular flexibility index (Phi) is 7.40. The van der Waals surface area contributed by atoms with Crippen LogP contribution in [-0.4, -0.2) is 36.4 Å². The summed E-state index contributed by atoms with van der Waals surface area (Å²) in [4.78, 5) is 24.9. The number of aliphatic carboxylic acids is 1. The van der Waals surface area contributed by atoms with Gasteiger partial charge in [0.2, 0.25) is 0 Å². The van der Waals surface area contributed by atoms with Gasteiger partial charge in [-0.25, -0.2) is 9.59 Å². The second-order valence-electron chi connectivity index (χ2n) is 9.19. The van der Waals surface area contributed by atoms with Crippen LogP contribution in [0.5, 0.6) is 5.75 Å². The van der Waals surface area contributed by atoms with Gasteiger partial charge in [-0.2, -0.15) is 0 Å². The van der Waals surface area contributed by atoms with Crippen molar-refractivity contribution in [2.45, 2.75) is 25.3 Å². The minimum absolute atomic E-state index is 0.0511. The molecule has 0 aliphatic heterocycles. The van der Waals surface area contributed by atoms with E-state index in [0.29, 0.717) is 17.9 Å². The van der Waals surface area contributed by atoms with Gasteiger partial charge < -0.3 is 19.9 Å². The lowest BCUT2D eigenvalue weighted by atomic mass is 9.98. The van der Waals surface area contributed by atoms with Crippen LogP contribution in [0.15, 0.2) is 97.1 Å². The summed E-state index contributed by atoms with van der Waals surface area (Å²) >= 11 is 0. The third kappa shape index (κ3) is 5.25. The predicted octanol–water partition coefficient (Wildman–Crippen LogP) is 6.29.